The van der Waals surface area contributed by atoms with Crippen LogP contribution in [0.3, 0.4) is 0 Å². The Hall–Kier alpha value is -1.62. The van der Waals surface area contributed by atoms with Crippen molar-refractivity contribution in [3.8, 4) is 0 Å². The summed E-state index contributed by atoms with van der Waals surface area (Å²) in [7, 11) is 0. The SMILES string of the molecule is CCOC(=O)c1nc(C2CCOC2)ccc1N. The van der Waals surface area contributed by atoms with E-state index in [1.165, 1.54) is 0 Å². The fourth-order valence-corrected chi connectivity index (χ4v) is 1.84. The molecule has 5 nitrogen and oxygen atoms in total. The van der Waals surface area contributed by atoms with Gasteiger partial charge in [0.05, 0.1) is 18.9 Å². The van der Waals surface area contributed by atoms with Gasteiger partial charge >= 0.3 is 5.97 Å². The van der Waals surface area contributed by atoms with E-state index in [2.05, 4.69) is 4.98 Å². The minimum absolute atomic E-state index is 0.205. The van der Waals surface area contributed by atoms with Gasteiger partial charge in [-0.2, -0.15) is 0 Å². The Morgan fingerprint density at radius 3 is 3.12 bits per heavy atom. The van der Waals surface area contributed by atoms with Crippen LogP contribution in [-0.4, -0.2) is 30.8 Å². The zero-order valence-corrected chi connectivity index (χ0v) is 9.81. The second-order valence-electron chi connectivity index (χ2n) is 3.95. The predicted octanol–water partition coefficient (Wildman–Crippen LogP) is 1.34. The summed E-state index contributed by atoms with van der Waals surface area (Å²) in [5, 5.41) is 0. The van der Waals surface area contributed by atoms with Crippen molar-refractivity contribution in [3.63, 3.8) is 0 Å². The van der Waals surface area contributed by atoms with Gasteiger partial charge in [0.1, 0.15) is 0 Å². The second-order valence-corrected chi connectivity index (χ2v) is 3.95. The number of nitrogens with zero attached hydrogens (tertiary/aromatic N) is 1. The molecular formula is C12H16N2O3. The van der Waals surface area contributed by atoms with Gasteiger partial charge in [0, 0.05) is 18.2 Å². The molecule has 2 rings (SSSR count). The lowest BCUT2D eigenvalue weighted by atomic mass is 10.0. The number of nitrogens with two attached hydrogens (primary N) is 1. The number of anilines is 1. The number of nitrogen functional groups attached to an aromatic ring is 1. The molecule has 0 aliphatic carbocycles. The van der Waals surface area contributed by atoms with E-state index in [1.54, 1.807) is 13.0 Å². The molecule has 1 aromatic rings. The fourth-order valence-electron chi connectivity index (χ4n) is 1.84. The van der Waals surface area contributed by atoms with E-state index in [9.17, 15) is 4.79 Å². The van der Waals surface area contributed by atoms with E-state index >= 15 is 0 Å². The topological polar surface area (TPSA) is 74.4 Å². The summed E-state index contributed by atoms with van der Waals surface area (Å²) in [5.74, 6) is -0.213. The normalized spacial score (nSPS) is 19.2. The number of rotatable bonds is 3. The zero-order chi connectivity index (χ0) is 12.3. The van der Waals surface area contributed by atoms with E-state index in [0.29, 0.717) is 18.9 Å². The number of carbonyl (C=O) groups excluding carboxylic acids is 1. The molecule has 2 N–H and O–H groups in total. The van der Waals surface area contributed by atoms with Crippen LogP contribution in [0.1, 0.15) is 35.4 Å². The summed E-state index contributed by atoms with van der Waals surface area (Å²) in [5.41, 5.74) is 7.13. The van der Waals surface area contributed by atoms with E-state index in [0.717, 1.165) is 18.7 Å². The van der Waals surface area contributed by atoms with Crippen molar-refractivity contribution < 1.29 is 14.3 Å². The van der Waals surface area contributed by atoms with Gasteiger partial charge in [0.25, 0.3) is 0 Å². The van der Waals surface area contributed by atoms with Crippen LogP contribution in [0.4, 0.5) is 5.69 Å². The standard InChI is InChI=1S/C12H16N2O3/c1-2-17-12(15)11-9(13)3-4-10(14-11)8-5-6-16-7-8/h3-4,8H,2,5-7,13H2,1H3. The monoisotopic (exact) mass is 236 g/mol. The van der Waals surface area contributed by atoms with Crippen molar-refractivity contribution in [1.82, 2.24) is 4.98 Å². The average molecular weight is 236 g/mol. The molecule has 1 aliphatic heterocycles. The van der Waals surface area contributed by atoms with Crippen molar-refractivity contribution >= 4 is 11.7 Å². The van der Waals surface area contributed by atoms with Gasteiger partial charge in [-0.05, 0) is 25.5 Å². The van der Waals surface area contributed by atoms with Crippen molar-refractivity contribution in [3.05, 3.63) is 23.5 Å². The molecule has 0 amide bonds. The van der Waals surface area contributed by atoms with E-state index in [4.69, 9.17) is 15.2 Å². The van der Waals surface area contributed by atoms with Gasteiger partial charge in [-0.3, -0.25) is 0 Å². The molecule has 1 saturated heterocycles. The van der Waals surface area contributed by atoms with Crippen LogP contribution in [0, 0.1) is 0 Å². The highest BCUT2D eigenvalue weighted by Gasteiger charge is 2.21. The minimum Gasteiger partial charge on any atom is -0.461 e. The molecule has 1 fully saturated rings. The molecular weight excluding hydrogens is 220 g/mol. The lowest BCUT2D eigenvalue weighted by Gasteiger charge is -2.10. The Morgan fingerprint density at radius 1 is 1.65 bits per heavy atom. The summed E-state index contributed by atoms with van der Waals surface area (Å²) < 4.78 is 10.2. The van der Waals surface area contributed by atoms with E-state index in [-0.39, 0.29) is 11.6 Å². The smallest absolute Gasteiger partial charge is 0.359 e. The Morgan fingerprint density at radius 2 is 2.47 bits per heavy atom. The summed E-state index contributed by atoms with van der Waals surface area (Å²) in [4.78, 5) is 15.9. The predicted molar refractivity (Wildman–Crippen MR) is 62.8 cm³/mol. The van der Waals surface area contributed by atoms with Crippen LogP contribution >= 0.6 is 0 Å². The number of esters is 1. The van der Waals surface area contributed by atoms with Crippen molar-refractivity contribution in [2.24, 2.45) is 0 Å². The van der Waals surface area contributed by atoms with Gasteiger partial charge in [0.2, 0.25) is 0 Å². The van der Waals surface area contributed by atoms with Crippen LogP contribution in [0.15, 0.2) is 12.1 Å². The first-order valence-corrected chi connectivity index (χ1v) is 5.73. The molecule has 1 aliphatic rings. The summed E-state index contributed by atoms with van der Waals surface area (Å²) >= 11 is 0. The first kappa shape index (κ1) is 11.9. The Bertz CT molecular complexity index is 414. The molecule has 0 radical (unpaired) electrons. The lowest BCUT2D eigenvalue weighted by molar-refractivity contribution is 0.0520. The first-order valence-electron chi connectivity index (χ1n) is 5.73. The quantitative estimate of drug-likeness (QED) is 0.802. The Balaban J connectivity index is 2.25. The highest BCUT2D eigenvalue weighted by molar-refractivity contribution is 5.92. The zero-order valence-electron chi connectivity index (χ0n) is 9.81. The molecule has 0 aromatic carbocycles. The second kappa shape index (κ2) is 5.14. The largest absolute Gasteiger partial charge is 0.461 e. The molecule has 1 aromatic heterocycles. The Kier molecular flexibility index (Phi) is 3.58. The minimum atomic E-state index is -0.467. The van der Waals surface area contributed by atoms with Crippen LogP contribution in [0.5, 0.6) is 0 Å². The summed E-state index contributed by atoms with van der Waals surface area (Å²) in [6, 6.07) is 3.55. The number of ether oxygens (including phenoxy) is 2. The van der Waals surface area contributed by atoms with Crippen LogP contribution in [-0.2, 0) is 9.47 Å². The Labute approximate surface area is 99.9 Å². The molecule has 1 unspecified atom stereocenters. The van der Waals surface area contributed by atoms with Crippen molar-refractivity contribution in [1.29, 1.82) is 0 Å². The van der Waals surface area contributed by atoms with E-state index < -0.39 is 5.97 Å². The average Bonchev–Trinajstić information content (AvgIpc) is 2.83. The number of aromatic nitrogens is 1. The maximum absolute atomic E-state index is 11.6. The molecule has 2 heterocycles. The van der Waals surface area contributed by atoms with Gasteiger partial charge in [-0.1, -0.05) is 0 Å². The molecule has 1 atom stereocenters. The molecule has 5 heteroatoms. The molecule has 0 bridgehead atoms. The highest BCUT2D eigenvalue weighted by atomic mass is 16.5. The number of hydrogen-bond acceptors (Lipinski definition) is 5. The van der Waals surface area contributed by atoms with Crippen molar-refractivity contribution in [2.75, 3.05) is 25.6 Å². The molecule has 92 valence electrons. The molecule has 0 spiro atoms. The van der Waals surface area contributed by atoms with Gasteiger partial charge in [-0.15, -0.1) is 0 Å². The number of pyridine rings is 1. The third-order valence-corrected chi connectivity index (χ3v) is 2.76. The maximum atomic E-state index is 11.6. The van der Waals surface area contributed by atoms with E-state index in [1.807, 2.05) is 6.07 Å². The third kappa shape index (κ3) is 2.55. The van der Waals surface area contributed by atoms with Crippen LogP contribution in [0.25, 0.3) is 0 Å². The first-order chi connectivity index (χ1) is 8.22. The van der Waals surface area contributed by atoms with Gasteiger partial charge in [0.15, 0.2) is 5.69 Å². The lowest BCUT2D eigenvalue weighted by Crippen LogP contribution is -2.13. The van der Waals surface area contributed by atoms with Gasteiger partial charge in [-0.25, -0.2) is 9.78 Å². The number of carbonyl (C=O) groups is 1. The maximum Gasteiger partial charge on any atom is 0.359 e. The van der Waals surface area contributed by atoms with Crippen LogP contribution < -0.4 is 5.73 Å². The molecule has 17 heavy (non-hydrogen) atoms. The fraction of sp³-hybridized carbons (Fsp3) is 0.500. The highest BCUT2D eigenvalue weighted by Crippen LogP contribution is 2.25. The van der Waals surface area contributed by atoms with Crippen LogP contribution in [0.2, 0.25) is 0 Å². The summed E-state index contributed by atoms with van der Waals surface area (Å²) in [6.45, 7) is 3.46. The van der Waals surface area contributed by atoms with Gasteiger partial charge < -0.3 is 15.2 Å². The summed E-state index contributed by atoms with van der Waals surface area (Å²) in [6.07, 6.45) is 0.930. The molecule has 0 saturated carbocycles. The number of hydrogen-bond donors (Lipinski definition) is 1. The third-order valence-electron chi connectivity index (χ3n) is 2.76. The van der Waals surface area contributed by atoms with Crippen molar-refractivity contribution in [2.45, 2.75) is 19.3 Å².